The van der Waals surface area contributed by atoms with Gasteiger partial charge in [0.15, 0.2) is 0 Å². The fourth-order valence-corrected chi connectivity index (χ4v) is 3.53. The van der Waals surface area contributed by atoms with E-state index in [0.717, 1.165) is 38.1 Å². The van der Waals surface area contributed by atoms with Crippen LogP contribution >= 0.6 is 11.3 Å². The van der Waals surface area contributed by atoms with Gasteiger partial charge in [0.1, 0.15) is 5.01 Å². The number of rotatable bonds is 3. The first-order valence-electron chi connectivity index (χ1n) is 7.13. The summed E-state index contributed by atoms with van der Waals surface area (Å²) in [6, 6.07) is 3.83. The van der Waals surface area contributed by atoms with Crippen LogP contribution in [0.2, 0.25) is 0 Å². The van der Waals surface area contributed by atoms with E-state index >= 15 is 0 Å². The van der Waals surface area contributed by atoms with Crippen molar-refractivity contribution in [2.24, 2.45) is 12.2 Å². The van der Waals surface area contributed by atoms with Gasteiger partial charge in [0.2, 0.25) is 0 Å². The predicted octanol–water partition coefficient (Wildman–Crippen LogP) is 3.42. The molecule has 0 bridgehead atoms. The van der Waals surface area contributed by atoms with Crippen molar-refractivity contribution in [1.29, 1.82) is 0 Å². The molecule has 0 atom stereocenters. The maximum atomic E-state index is 9.22. The molecule has 0 fully saturated rings. The number of thiazole rings is 1. The van der Waals surface area contributed by atoms with E-state index in [4.69, 9.17) is 4.98 Å². The van der Waals surface area contributed by atoms with Crippen molar-refractivity contribution in [1.82, 2.24) is 19.7 Å². The van der Waals surface area contributed by atoms with Crippen molar-refractivity contribution in [3.05, 3.63) is 40.8 Å². The molecular weight excluding hydrogens is 310 g/mol. The first-order chi connectivity index (χ1) is 11.0. The summed E-state index contributed by atoms with van der Waals surface area (Å²) in [4.78, 5) is 9.69. The zero-order valence-corrected chi connectivity index (χ0v) is 14.2. The zero-order chi connectivity index (χ0) is 16.6. The molecular formula is C16H17N5OS. The van der Waals surface area contributed by atoms with Crippen LogP contribution in [0, 0.1) is 13.8 Å². The van der Waals surface area contributed by atoms with Gasteiger partial charge in [-0.15, -0.1) is 11.3 Å². The van der Waals surface area contributed by atoms with Crippen LogP contribution in [0.1, 0.15) is 23.2 Å². The van der Waals surface area contributed by atoms with Gasteiger partial charge >= 0.3 is 0 Å². The van der Waals surface area contributed by atoms with Gasteiger partial charge in [-0.05, 0) is 32.9 Å². The van der Waals surface area contributed by atoms with Crippen molar-refractivity contribution >= 4 is 17.0 Å². The fraction of sp³-hybridized carbons (Fsp3) is 0.250. The van der Waals surface area contributed by atoms with E-state index in [1.54, 1.807) is 19.3 Å². The van der Waals surface area contributed by atoms with Crippen LogP contribution < -0.4 is 0 Å². The number of aryl methyl sites for hydroxylation is 2. The molecule has 3 heterocycles. The van der Waals surface area contributed by atoms with Crippen LogP contribution in [-0.2, 0) is 7.05 Å². The summed E-state index contributed by atoms with van der Waals surface area (Å²) < 4.78 is 1.84. The maximum absolute atomic E-state index is 9.22. The van der Waals surface area contributed by atoms with E-state index in [9.17, 15) is 5.21 Å². The normalized spacial score (nSPS) is 11.9. The molecule has 0 amide bonds. The highest BCUT2D eigenvalue weighted by atomic mass is 32.1. The van der Waals surface area contributed by atoms with E-state index in [-0.39, 0.29) is 0 Å². The molecule has 0 aromatic carbocycles. The van der Waals surface area contributed by atoms with Gasteiger partial charge in [0.05, 0.1) is 22.0 Å². The van der Waals surface area contributed by atoms with Gasteiger partial charge in [0, 0.05) is 36.3 Å². The molecule has 0 aliphatic heterocycles. The summed E-state index contributed by atoms with van der Waals surface area (Å²) in [6.45, 7) is 5.74. The van der Waals surface area contributed by atoms with Crippen LogP contribution in [0.15, 0.2) is 29.7 Å². The lowest BCUT2D eigenvalue weighted by atomic mass is 10.1. The summed E-state index contributed by atoms with van der Waals surface area (Å²) in [6.07, 6.45) is 3.48. The molecule has 3 rings (SSSR count). The highest BCUT2D eigenvalue weighted by molar-refractivity contribution is 7.17. The number of hydrogen-bond acceptors (Lipinski definition) is 6. The Labute approximate surface area is 138 Å². The lowest BCUT2D eigenvalue weighted by molar-refractivity contribution is 0.319. The standard InChI is InChI=1S/C16H17N5OS/c1-9-13(11(3)21(4)19-9)14-15(10(2)20-22)23-16(18-14)12-5-7-17-8-6-12/h5-8,22H,1-4H3/b20-10+. The Morgan fingerprint density at radius 1 is 1.26 bits per heavy atom. The van der Waals surface area contributed by atoms with E-state index in [2.05, 4.69) is 15.2 Å². The first kappa shape index (κ1) is 15.4. The number of pyridine rings is 1. The Balaban J connectivity index is 2.25. The maximum Gasteiger partial charge on any atom is 0.124 e. The Kier molecular flexibility index (Phi) is 3.96. The molecule has 0 aliphatic rings. The molecule has 6 nitrogen and oxygen atoms in total. The van der Waals surface area contributed by atoms with Crippen LogP contribution in [-0.4, -0.2) is 30.7 Å². The van der Waals surface area contributed by atoms with Gasteiger partial charge < -0.3 is 5.21 Å². The molecule has 0 saturated carbocycles. The van der Waals surface area contributed by atoms with Crippen LogP contribution in [0.5, 0.6) is 0 Å². The van der Waals surface area contributed by atoms with E-state index in [1.165, 1.54) is 11.3 Å². The summed E-state index contributed by atoms with van der Waals surface area (Å²) in [7, 11) is 1.91. The van der Waals surface area contributed by atoms with Crippen LogP contribution in [0.25, 0.3) is 21.8 Å². The van der Waals surface area contributed by atoms with Crippen molar-refractivity contribution in [2.45, 2.75) is 20.8 Å². The van der Waals surface area contributed by atoms with Crippen molar-refractivity contribution in [3.8, 4) is 21.8 Å². The molecule has 0 radical (unpaired) electrons. The average molecular weight is 327 g/mol. The summed E-state index contributed by atoms with van der Waals surface area (Å²) in [5.41, 5.74) is 5.26. The second kappa shape index (κ2) is 5.92. The minimum atomic E-state index is 0.542. The third-order valence-electron chi connectivity index (χ3n) is 3.78. The van der Waals surface area contributed by atoms with E-state index < -0.39 is 0 Å². The molecule has 23 heavy (non-hydrogen) atoms. The number of hydrogen-bond donors (Lipinski definition) is 1. The van der Waals surface area contributed by atoms with Gasteiger partial charge in [-0.25, -0.2) is 4.98 Å². The lowest BCUT2D eigenvalue weighted by Crippen LogP contribution is -1.96. The third-order valence-corrected chi connectivity index (χ3v) is 4.99. The minimum Gasteiger partial charge on any atom is -0.411 e. The topological polar surface area (TPSA) is 76.2 Å². The molecule has 0 saturated heterocycles. The predicted molar refractivity (Wildman–Crippen MR) is 91.0 cm³/mol. The van der Waals surface area contributed by atoms with Gasteiger partial charge in [-0.2, -0.15) is 5.10 Å². The molecule has 3 aromatic heterocycles. The smallest absolute Gasteiger partial charge is 0.124 e. The highest BCUT2D eigenvalue weighted by Crippen LogP contribution is 2.36. The van der Waals surface area contributed by atoms with Crippen LogP contribution in [0.4, 0.5) is 0 Å². The number of nitrogens with zero attached hydrogens (tertiary/aromatic N) is 5. The SMILES string of the molecule is C/C(=N\O)c1sc(-c2ccncc2)nc1-c1c(C)nn(C)c1C. The average Bonchev–Trinajstić information content (AvgIpc) is 3.09. The zero-order valence-electron chi connectivity index (χ0n) is 13.4. The van der Waals surface area contributed by atoms with E-state index in [1.807, 2.05) is 37.7 Å². The Hall–Kier alpha value is -2.54. The van der Waals surface area contributed by atoms with Crippen molar-refractivity contribution < 1.29 is 5.21 Å². The number of oxime groups is 1. The van der Waals surface area contributed by atoms with Gasteiger partial charge in [0.25, 0.3) is 0 Å². The number of aromatic nitrogens is 4. The minimum absolute atomic E-state index is 0.542. The first-order valence-corrected chi connectivity index (χ1v) is 7.95. The summed E-state index contributed by atoms with van der Waals surface area (Å²) in [5.74, 6) is 0. The quantitative estimate of drug-likeness (QED) is 0.454. The van der Waals surface area contributed by atoms with Crippen LogP contribution in [0.3, 0.4) is 0 Å². The van der Waals surface area contributed by atoms with Crippen molar-refractivity contribution in [3.63, 3.8) is 0 Å². The molecule has 7 heteroatoms. The summed E-state index contributed by atoms with van der Waals surface area (Å²) in [5, 5.41) is 17.9. The third kappa shape index (κ3) is 2.63. The molecule has 3 aromatic rings. The molecule has 118 valence electrons. The largest absolute Gasteiger partial charge is 0.411 e. The monoisotopic (exact) mass is 327 g/mol. The Morgan fingerprint density at radius 2 is 1.96 bits per heavy atom. The second-order valence-corrected chi connectivity index (χ2v) is 6.29. The lowest BCUT2D eigenvalue weighted by Gasteiger charge is -2.01. The molecule has 0 aliphatic carbocycles. The molecule has 0 unspecified atom stereocenters. The Bertz CT molecular complexity index is 880. The molecule has 0 spiro atoms. The molecule has 1 N–H and O–H groups in total. The van der Waals surface area contributed by atoms with Gasteiger partial charge in [-0.3, -0.25) is 9.67 Å². The Morgan fingerprint density at radius 3 is 2.52 bits per heavy atom. The second-order valence-electron chi connectivity index (χ2n) is 5.29. The highest BCUT2D eigenvalue weighted by Gasteiger charge is 2.22. The van der Waals surface area contributed by atoms with E-state index in [0.29, 0.717) is 5.71 Å². The summed E-state index contributed by atoms with van der Waals surface area (Å²) >= 11 is 1.50. The fourth-order valence-electron chi connectivity index (χ4n) is 2.51. The van der Waals surface area contributed by atoms with Gasteiger partial charge in [-0.1, -0.05) is 5.16 Å². The van der Waals surface area contributed by atoms with Crippen molar-refractivity contribution in [2.75, 3.05) is 0 Å².